The monoisotopic (exact) mass is 294 g/mol. The second-order valence-corrected chi connectivity index (χ2v) is 6.66. The van der Waals surface area contributed by atoms with E-state index < -0.39 is 11.6 Å². The van der Waals surface area contributed by atoms with E-state index in [1.54, 1.807) is 0 Å². The van der Waals surface area contributed by atoms with E-state index in [1.807, 2.05) is 4.90 Å². The number of rotatable bonds is 2. The van der Waals surface area contributed by atoms with E-state index in [1.165, 1.54) is 44.2 Å². The van der Waals surface area contributed by atoms with Crippen LogP contribution in [0.3, 0.4) is 0 Å². The maximum atomic E-state index is 14.2. The van der Waals surface area contributed by atoms with Gasteiger partial charge in [0, 0.05) is 19.6 Å². The van der Waals surface area contributed by atoms with Crippen molar-refractivity contribution < 1.29 is 8.78 Å². The van der Waals surface area contributed by atoms with Crippen molar-refractivity contribution in [2.45, 2.75) is 51.5 Å². The second-order valence-electron chi connectivity index (χ2n) is 6.66. The third-order valence-corrected chi connectivity index (χ3v) is 5.37. The Morgan fingerprint density at radius 2 is 1.52 bits per heavy atom. The fourth-order valence-corrected chi connectivity index (χ4v) is 4.04. The number of nitrogens with two attached hydrogens (primary N) is 1. The van der Waals surface area contributed by atoms with Crippen LogP contribution in [-0.2, 0) is 6.54 Å². The zero-order valence-electron chi connectivity index (χ0n) is 12.5. The summed E-state index contributed by atoms with van der Waals surface area (Å²) >= 11 is 0. The molecule has 0 radical (unpaired) electrons. The predicted molar refractivity (Wildman–Crippen MR) is 81.2 cm³/mol. The van der Waals surface area contributed by atoms with Gasteiger partial charge in [0.25, 0.3) is 0 Å². The average molecular weight is 294 g/mol. The van der Waals surface area contributed by atoms with Crippen molar-refractivity contribution in [1.29, 1.82) is 0 Å². The molecule has 2 fully saturated rings. The SMILES string of the molecule is NCc1cc(F)c(N2CCC3(CCCCC3)CC2)c(F)c1. The van der Waals surface area contributed by atoms with Crippen LogP contribution in [0.5, 0.6) is 0 Å². The molecule has 1 aliphatic heterocycles. The predicted octanol–water partition coefficient (Wildman–Crippen LogP) is 3.97. The first-order valence-corrected chi connectivity index (χ1v) is 8.06. The van der Waals surface area contributed by atoms with Crippen LogP contribution < -0.4 is 10.6 Å². The Kier molecular flexibility index (Phi) is 4.16. The Morgan fingerprint density at radius 3 is 2.05 bits per heavy atom. The van der Waals surface area contributed by atoms with Crippen LogP contribution in [0.1, 0.15) is 50.5 Å². The van der Waals surface area contributed by atoms with E-state index in [-0.39, 0.29) is 12.2 Å². The van der Waals surface area contributed by atoms with E-state index >= 15 is 0 Å². The van der Waals surface area contributed by atoms with Crippen molar-refractivity contribution in [3.05, 3.63) is 29.3 Å². The van der Waals surface area contributed by atoms with E-state index in [2.05, 4.69) is 0 Å². The second kappa shape index (κ2) is 5.91. The smallest absolute Gasteiger partial charge is 0.149 e. The molecule has 0 unspecified atom stereocenters. The molecule has 0 bridgehead atoms. The molecule has 1 spiro atoms. The minimum atomic E-state index is -0.477. The molecule has 0 aromatic heterocycles. The summed E-state index contributed by atoms with van der Waals surface area (Å²) in [5, 5.41) is 0. The number of benzene rings is 1. The first-order chi connectivity index (χ1) is 10.1. The van der Waals surface area contributed by atoms with Gasteiger partial charge in [0.05, 0.1) is 0 Å². The van der Waals surface area contributed by atoms with E-state index in [4.69, 9.17) is 5.73 Å². The number of halogens is 2. The van der Waals surface area contributed by atoms with Crippen LogP contribution in [-0.4, -0.2) is 13.1 Å². The zero-order chi connectivity index (χ0) is 14.9. The van der Waals surface area contributed by atoms with Crippen molar-refractivity contribution >= 4 is 5.69 Å². The fraction of sp³-hybridized carbons (Fsp3) is 0.647. The lowest BCUT2D eigenvalue weighted by Crippen LogP contribution is -2.41. The molecule has 0 atom stereocenters. The van der Waals surface area contributed by atoms with Gasteiger partial charge in [-0.05, 0) is 48.8 Å². The van der Waals surface area contributed by atoms with Crippen molar-refractivity contribution in [1.82, 2.24) is 0 Å². The fourth-order valence-electron chi connectivity index (χ4n) is 4.04. The number of hydrogen-bond donors (Lipinski definition) is 1. The highest BCUT2D eigenvalue weighted by Crippen LogP contribution is 2.45. The summed E-state index contributed by atoms with van der Waals surface area (Å²) in [6.07, 6.45) is 8.67. The third kappa shape index (κ3) is 2.91. The van der Waals surface area contributed by atoms with Crippen LogP contribution in [0.15, 0.2) is 12.1 Å². The van der Waals surface area contributed by atoms with Crippen LogP contribution in [0, 0.1) is 17.0 Å². The highest BCUT2D eigenvalue weighted by atomic mass is 19.1. The summed E-state index contributed by atoms with van der Waals surface area (Å²) in [4.78, 5) is 1.88. The largest absolute Gasteiger partial charge is 0.367 e. The molecule has 2 nitrogen and oxygen atoms in total. The van der Waals surface area contributed by atoms with Crippen molar-refractivity contribution in [2.75, 3.05) is 18.0 Å². The molecule has 2 N–H and O–H groups in total. The highest BCUT2D eigenvalue weighted by molar-refractivity contribution is 5.51. The first-order valence-electron chi connectivity index (χ1n) is 8.06. The Bertz CT molecular complexity index is 477. The molecule has 2 aliphatic rings. The Hall–Kier alpha value is -1.16. The first kappa shape index (κ1) is 14.8. The standard InChI is InChI=1S/C17H24F2N2/c18-14-10-13(12-20)11-15(19)16(14)21-8-6-17(7-9-21)4-2-1-3-5-17/h10-11H,1-9,12,20H2. The molecule has 1 saturated carbocycles. The lowest BCUT2D eigenvalue weighted by molar-refractivity contribution is 0.144. The van der Waals surface area contributed by atoms with Gasteiger partial charge in [-0.25, -0.2) is 8.78 Å². The molecular formula is C17H24F2N2. The average Bonchev–Trinajstić information content (AvgIpc) is 2.49. The van der Waals surface area contributed by atoms with Crippen molar-refractivity contribution in [2.24, 2.45) is 11.1 Å². The lowest BCUT2D eigenvalue weighted by atomic mass is 9.68. The van der Waals surface area contributed by atoms with Crippen molar-refractivity contribution in [3.63, 3.8) is 0 Å². The van der Waals surface area contributed by atoms with Crippen LogP contribution in [0.25, 0.3) is 0 Å². The van der Waals surface area contributed by atoms with Gasteiger partial charge in [0.15, 0.2) is 0 Å². The van der Waals surface area contributed by atoms with Crippen molar-refractivity contribution in [3.8, 4) is 0 Å². The van der Waals surface area contributed by atoms with Crippen LogP contribution in [0.2, 0.25) is 0 Å². The van der Waals surface area contributed by atoms with Gasteiger partial charge in [-0.2, -0.15) is 0 Å². The van der Waals surface area contributed by atoms with E-state index in [9.17, 15) is 8.78 Å². The molecule has 0 amide bonds. The number of nitrogens with zero attached hydrogens (tertiary/aromatic N) is 1. The van der Waals surface area contributed by atoms with E-state index in [0.29, 0.717) is 11.0 Å². The maximum Gasteiger partial charge on any atom is 0.149 e. The van der Waals surface area contributed by atoms with Gasteiger partial charge in [0.1, 0.15) is 17.3 Å². The Labute approximate surface area is 125 Å². The molecule has 1 saturated heterocycles. The molecule has 21 heavy (non-hydrogen) atoms. The quantitative estimate of drug-likeness (QED) is 0.894. The van der Waals surface area contributed by atoms with Gasteiger partial charge in [0.2, 0.25) is 0 Å². The maximum absolute atomic E-state index is 14.2. The summed E-state index contributed by atoms with van der Waals surface area (Å²) in [5.41, 5.74) is 6.55. The summed E-state index contributed by atoms with van der Waals surface area (Å²) in [7, 11) is 0. The molecule has 3 rings (SSSR count). The summed E-state index contributed by atoms with van der Waals surface area (Å²) < 4.78 is 28.4. The summed E-state index contributed by atoms with van der Waals surface area (Å²) in [5.74, 6) is -0.954. The lowest BCUT2D eigenvalue weighted by Gasteiger charge is -2.45. The highest BCUT2D eigenvalue weighted by Gasteiger charge is 2.36. The Morgan fingerprint density at radius 1 is 0.952 bits per heavy atom. The number of piperidine rings is 1. The van der Waals surface area contributed by atoms with Crippen LogP contribution >= 0.6 is 0 Å². The van der Waals surface area contributed by atoms with Gasteiger partial charge in [-0.3, -0.25) is 0 Å². The third-order valence-electron chi connectivity index (χ3n) is 5.37. The number of anilines is 1. The van der Waals surface area contributed by atoms with Gasteiger partial charge >= 0.3 is 0 Å². The topological polar surface area (TPSA) is 29.3 Å². The summed E-state index contributed by atoms with van der Waals surface area (Å²) in [6.45, 7) is 1.68. The molecule has 1 aromatic carbocycles. The molecule has 1 aliphatic carbocycles. The molecular weight excluding hydrogens is 270 g/mol. The van der Waals surface area contributed by atoms with Gasteiger partial charge in [-0.1, -0.05) is 19.3 Å². The van der Waals surface area contributed by atoms with Gasteiger partial charge in [-0.15, -0.1) is 0 Å². The molecule has 4 heteroatoms. The zero-order valence-corrected chi connectivity index (χ0v) is 12.5. The van der Waals surface area contributed by atoms with Gasteiger partial charge < -0.3 is 10.6 Å². The molecule has 1 aromatic rings. The number of hydrogen-bond acceptors (Lipinski definition) is 2. The minimum absolute atomic E-state index is 0.137. The van der Waals surface area contributed by atoms with E-state index in [0.717, 1.165) is 25.9 Å². The summed E-state index contributed by atoms with van der Waals surface area (Å²) in [6, 6.07) is 2.73. The normalized spacial score (nSPS) is 21.8. The minimum Gasteiger partial charge on any atom is -0.367 e. The van der Waals surface area contributed by atoms with Crippen LogP contribution in [0.4, 0.5) is 14.5 Å². The molecule has 1 heterocycles. The molecule has 116 valence electrons. The Balaban J connectivity index is 1.75.